The first-order chi connectivity index (χ1) is 19.7. The zero-order valence-corrected chi connectivity index (χ0v) is 24.1. The van der Waals surface area contributed by atoms with E-state index in [0.29, 0.717) is 49.1 Å². The second-order valence-corrected chi connectivity index (χ2v) is 12.0. The smallest absolute Gasteiger partial charge is 0.272 e. The minimum Gasteiger partial charge on any atom is -0.370 e. The summed E-state index contributed by atoms with van der Waals surface area (Å²) in [6.07, 6.45) is 3.30. The first-order valence-electron chi connectivity index (χ1n) is 13.7. The monoisotopic (exact) mass is 574 g/mol. The molecule has 0 spiro atoms. The van der Waals surface area contributed by atoms with Gasteiger partial charge in [-0.1, -0.05) is 18.2 Å². The van der Waals surface area contributed by atoms with Gasteiger partial charge in [-0.2, -0.15) is 5.26 Å². The number of para-hydroxylation sites is 1. The number of nitrogens with two attached hydrogens (primary N) is 1. The van der Waals surface area contributed by atoms with E-state index in [-0.39, 0.29) is 16.8 Å². The first kappa shape index (κ1) is 28.3. The molecule has 3 N–H and O–H groups in total. The number of sulfonamides is 1. The summed E-state index contributed by atoms with van der Waals surface area (Å²) in [6.45, 7) is 7.18. The van der Waals surface area contributed by atoms with Crippen molar-refractivity contribution in [1.29, 1.82) is 5.26 Å². The molecule has 0 aliphatic carbocycles. The number of carbonyl (C=O) groups is 1. The number of hydrogen-bond acceptors (Lipinski definition) is 9. The molecule has 11 nitrogen and oxygen atoms in total. The van der Waals surface area contributed by atoms with Crippen LogP contribution in [-0.4, -0.2) is 74.5 Å². The van der Waals surface area contributed by atoms with E-state index in [2.05, 4.69) is 21.3 Å². The predicted octanol–water partition coefficient (Wildman–Crippen LogP) is 2.66. The van der Waals surface area contributed by atoms with Crippen LogP contribution < -0.4 is 20.3 Å². The molecule has 12 heteroatoms. The molecule has 4 heterocycles. The van der Waals surface area contributed by atoms with Crippen LogP contribution in [0.3, 0.4) is 0 Å². The molecule has 2 aromatic heterocycles. The summed E-state index contributed by atoms with van der Waals surface area (Å²) < 4.78 is 24.0. The Morgan fingerprint density at radius 2 is 1.71 bits per heavy atom. The summed E-state index contributed by atoms with van der Waals surface area (Å²) in [5.41, 5.74) is 3.85. The number of aromatic nitrogens is 2. The number of nitrogens with one attached hydrogen (secondary N) is 1. The lowest BCUT2D eigenvalue weighted by atomic mass is 10.0. The van der Waals surface area contributed by atoms with Crippen LogP contribution in [0.5, 0.6) is 0 Å². The summed E-state index contributed by atoms with van der Waals surface area (Å²) >= 11 is 0. The van der Waals surface area contributed by atoms with E-state index >= 15 is 0 Å². The third kappa shape index (κ3) is 6.11. The average molecular weight is 575 g/mol. The number of nitriles is 1. The van der Waals surface area contributed by atoms with Crippen LogP contribution in [0.1, 0.15) is 40.0 Å². The van der Waals surface area contributed by atoms with Gasteiger partial charge in [0, 0.05) is 51.5 Å². The minimum atomic E-state index is -3.92. The van der Waals surface area contributed by atoms with Crippen LogP contribution in [0.2, 0.25) is 0 Å². The number of nitrogens with zero attached hydrogens (tertiary/aromatic N) is 6. The SMILES string of the molecule is Cc1cc(C)c(C(=O)N2CCN(c3ncccc3S(N)(=O)=O)CC2)nc1NC1CCN(c2ccccc2C#N)CC1. The normalized spacial score (nSPS) is 16.4. The van der Waals surface area contributed by atoms with Gasteiger partial charge in [0.2, 0.25) is 10.0 Å². The van der Waals surface area contributed by atoms with Crippen molar-refractivity contribution in [3.05, 3.63) is 71.0 Å². The molecule has 0 saturated carbocycles. The van der Waals surface area contributed by atoms with Gasteiger partial charge in [-0.05, 0) is 62.1 Å². The van der Waals surface area contributed by atoms with Crippen LogP contribution in [0.15, 0.2) is 53.6 Å². The average Bonchev–Trinajstić information content (AvgIpc) is 2.98. The van der Waals surface area contributed by atoms with Crippen molar-refractivity contribution in [3.8, 4) is 6.07 Å². The summed E-state index contributed by atoms with van der Waals surface area (Å²) in [5.74, 6) is 0.862. The zero-order chi connectivity index (χ0) is 29.1. The van der Waals surface area contributed by atoms with Crippen molar-refractivity contribution in [2.75, 3.05) is 54.4 Å². The Morgan fingerprint density at radius 3 is 2.39 bits per heavy atom. The third-order valence-electron chi connectivity index (χ3n) is 7.73. The Labute approximate surface area is 240 Å². The molecular weight excluding hydrogens is 540 g/mol. The molecule has 0 atom stereocenters. The molecule has 0 bridgehead atoms. The molecule has 5 rings (SSSR count). The highest BCUT2D eigenvalue weighted by Crippen LogP contribution is 2.27. The van der Waals surface area contributed by atoms with Gasteiger partial charge >= 0.3 is 0 Å². The Morgan fingerprint density at radius 1 is 1.00 bits per heavy atom. The molecule has 214 valence electrons. The Kier molecular flexibility index (Phi) is 8.10. The number of piperazine rings is 1. The van der Waals surface area contributed by atoms with Crippen LogP contribution in [0.25, 0.3) is 0 Å². The van der Waals surface area contributed by atoms with E-state index in [9.17, 15) is 18.5 Å². The lowest BCUT2D eigenvalue weighted by Crippen LogP contribution is -2.49. The van der Waals surface area contributed by atoms with Gasteiger partial charge in [0.25, 0.3) is 5.91 Å². The number of pyridine rings is 2. The molecule has 0 radical (unpaired) electrons. The summed E-state index contributed by atoms with van der Waals surface area (Å²) in [5, 5.41) is 18.4. The standard InChI is InChI=1S/C29H34N8O3S/c1-20-18-21(2)27(33-23-9-12-35(13-10-23)24-7-4-3-6-22(24)19-30)34-26(20)29(38)37-16-14-36(15-17-37)28-25(41(31,39)40)8-5-11-32-28/h3-8,11,18,23H,9-10,12-17H2,1-2H3,(H,33,34)(H2,31,39,40). The van der Waals surface area contributed by atoms with Crippen molar-refractivity contribution in [2.45, 2.75) is 37.6 Å². The fourth-order valence-corrected chi connectivity index (χ4v) is 6.23. The lowest BCUT2D eigenvalue weighted by Gasteiger charge is -2.36. The molecule has 2 aliphatic rings. The van der Waals surface area contributed by atoms with Crippen LogP contribution in [0, 0.1) is 25.2 Å². The number of benzene rings is 1. The second kappa shape index (κ2) is 11.7. The number of hydrogen-bond donors (Lipinski definition) is 2. The van der Waals surface area contributed by atoms with Gasteiger partial charge in [-0.25, -0.2) is 23.5 Å². The summed E-state index contributed by atoms with van der Waals surface area (Å²) in [4.78, 5) is 28.4. The summed E-state index contributed by atoms with van der Waals surface area (Å²) in [6, 6.07) is 15.1. The van der Waals surface area contributed by atoms with Crippen molar-refractivity contribution in [3.63, 3.8) is 0 Å². The van der Waals surface area contributed by atoms with Gasteiger partial charge in [0.1, 0.15) is 28.3 Å². The number of anilines is 3. The number of rotatable bonds is 6. The minimum absolute atomic E-state index is 0.0216. The van der Waals surface area contributed by atoms with Gasteiger partial charge in [-0.3, -0.25) is 4.79 Å². The van der Waals surface area contributed by atoms with E-state index in [1.165, 1.54) is 18.3 Å². The van der Waals surface area contributed by atoms with Crippen LogP contribution >= 0.6 is 0 Å². The largest absolute Gasteiger partial charge is 0.370 e. The highest BCUT2D eigenvalue weighted by molar-refractivity contribution is 7.89. The molecule has 3 aromatic rings. The Balaban J connectivity index is 1.24. The number of aryl methyl sites for hydroxylation is 2. The molecule has 1 amide bonds. The van der Waals surface area contributed by atoms with Crippen molar-refractivity contribution in [1.82, 2.24) is 14.9 Å². The highest BCUT2D eigenvalue weighted by Gasteiger charge is 2.29. The predicted molar refractivity (Wildman–Crippen MR) is 157 cm³/mol. The quantitative estimate of drug-likeness (QED) is 0.453. The van der Waals surface area contributed by atoms with Gasteiger partial charge in [0.15, 0.2) is 0 Å². The van der Waals surface area contributed by atoms with Gasteiger partial charge in [0.05, 0.1) is 11.3 Å². The van der Waals surface area contributed by atoms with E-state index in [1.54, 1.807) is 4.90 Å². The zero-order valence-electron chi connectivity index (χ0n) is 23.2. The van der Waals surface area contributed by atoms with E-state index in [4.69, 9.17) is 10.1 Å². The van der Waals surface area contributed by atoms with Crippen LogP contribution in [0.4, 0.5) is 17.3 Å². The maximum Gasteiger partial charge on any atom is 0.272 e. The van der Waals surface area contributed by atoms with Crippen molar-refractivity contribution in [2.24, 2.45) is 5.14 Å². The van der Waals surface area contributed by atoms with Crippen LogP contribution in [-0.2, 0) is 10.0 Å². The number of piperidine rings is 1. The highest BCUT2D eigenvalue weighted by atomic mass is 32.2. The molecule has 2 fully saturated rings. The molecule has 0 unspecified atom stereocenters. The molecule has 41 heavy (non-hydrogen) atoms. The lowest BCUT2D eigenvalue weighted by molar-refractivity contribution is 0.0739. The van der Waals surface area contributed by atoms with Crippen molar-refractivity contribution < 1.29 is 13.2 Å². The van der Waals surface area contributed by atoms with E-state index in [0.717, 1.165) is 42.7 Å². The maximum atomic E-state index is 13.6. The fraction of sp³-hybridized carbons (Fsp3) is 0.379. The topological polar surface area (TPSA) is 149 Å². The molecule has 2 saturated heterocycles. The number of primary sulfonamides is 1. The number of amides is 1. The maximum absolute atomic E-state index is 13.6. The molecular formula is C29H34N8O3S. The Bertz CT molecular complexity index is 1590. The molecule has 2 aliphatic heterocycles. The van der Waals surface area contributed by atoms with E-state index < -0.39 is 10.0 Å². The first-order valence-corrected chi connectivity index (χ1v) is 15.2. The van der Waals surface area contributed by atoms with Gasteiger partial charge in [-0.15, -0.1) is 0 Å². The Hall–Kier alpha value is -4.21. The van der Waals surface area contributed by atoms with Gasteiger partial charge < -0.3 is 20.0 Å². The number of carbonyl (C=O) groups excluding carboxylic acids is 1. The molecule has 1 aromatic carbocycles. The van der Waals surface area contributed by atoms with Crippen molar-refractivity contribution >= 4 is 33.3 Å². The third-order valence-corrected chi connectivity index (χ3v) is 8.66. The van der Waals surface area contributed by atoms with E-state index in [1.807, 2.05) is 49.1 Å². The second-order valence-electron chi connectivity index (χ2n) is 10.5. The fourth-order valence-electron chi connectivity index (χ4n) is 5.53. The summed E-state index contributed by atoms with van der Waals surface area (Å²) in [7, 11) is -3.92.